The number of hydrogen-bond donors (Lipinski definition) is 2. The van der Waals surface area contributed by atoms with Crippen LogP contribution >= 0.6 is 0 Å². The average molecular weight is 263 g/mol. The number of pyridine rings is 1. The maximum Gasteiger partial charge on any atom is 0.141 e. The van der Waals surface area contributed by atoms with Crippen LogP contribution in [0, 0.1) is 11.3 Å². The van der Waals surface area contributed by atoms with Gasteiger partial charge in [0.1, 0.15) is 11.5 Å². The van der Waals surface area contributed by atoms with Gasteiger partial charge in [-0.25, -0.2) is 0 Å². The van der Waals surface area contributed by atoms with Crippen LogP contribution in [0.15, 0.2) is 18.3 Å². The average Bonchev–Trinajstić information content (AvgIpc) is 2.34. The lowest BCUT2D eigenvalue weighted by Crippen LogP contribution is -2.34. The number of amidine groups is 1. The molecule has 0 saturated heterocycles. The maximum atomic E-state index is 7.36. The highest BCUT2D eigenvalue weighted by Gasteiger charge is 2.10. The van der Waals surface area contributed by atoms with Crippen molar-refractivity contribution >= 4 is 11.5 Å². The molecule has 0 atom stereocenters. The Morgan fingerprint density at radius 3 is 2.42 bits per heavy atom. The Kier molecular flexibility index (Phi) is 5.76. The summed E-state index contributed by atoms with van der Waals surface area (Å²) < 4.78 is 0. The first-order valence-corrected chi connectivity index (χ1v) is 6.60. The third-order valence-electron chi connectivity index (χ3n) is 2.79. The van der Waals surface area contributed by atoms with E-state index in [4.69, 9.17) is 11.1 Å². The van der Waals surface area contributed by atoms with E-state index in [2.05, 4.69) is 42.7 Å². The zero-order valence-corrected chi connectivity index (χ0v) is 12.3. The number of anilines is 1. The van der Waals surface area contributed by atoms with Gasteiger partial charge in [0.2, 0.25) is 0 Å². The van der Waals surface area contributed by atoms with Gasteiger partial charge in [0.15, 0.2) is 0 Å². The summed E-state index contributed by atoms with van der Waals surface area (Å²) in [6.45, 7) is 7.38. The van der Waals surface area contributed by atoms with Crippen LogP contribution in [-0.2, 0) is 0 Å². The van der Waals surface area contributed by atoms with E-state index in [0.29, 0.717) is 11.6 Å². The first kappa shape index (κ1) is 15.4. The lowest BCUT2D eigenvalue weighted by atomic mass is 10.2. The van der Waals surface area contributed by atoms with Crippen LogP contribution in [0.2, 0.25) is 0 Å². The van der Waals surface area contributed by atoms with Crippen LogP contribution in [-0.4, -0.2) is 49.4 Å². The summed E-state index contributed by atoms with van der Waals surface area (Å²) in [6, 6.07) is 3.79. The highest BCUT2D eigenvalue weighted by molar-refractivity contribution is 5.93. The van der Waals surface area contributed by atoms with Crippen molar-refractivity contribution in [2.75, 3.05) is 38.6 Å². The number of rotatable bonds is 7. The molecule has 0 aliphatic heterocycles. The van der Waals surface area contributed by atoms with Crippen molar-refractivity contribution in [1.82, 2.24) is 9.88 Å². The quantitative estimate of drug-likeness (QED) is 0.576. The minimum Gasteiger partial charge on any atom is -0.382 e. The molecule has 0 aromatic carbocycles. The van der Waals surface area contributed by atoms with E-state index in [0.717, 1.165) is 25.3 Å². The molecule has 19 heavy (non-hydrogen) atoms. The predicted octanol–water partition coefficient (Wildman–Crippen LogP) is 1.39. The van der Waals surface area contributed by atoms with Crippen LogP contribution in [0.25, 0.3) is 0 Å². The van der Waals surface area contributed by atoms with Crippen LogP contribution < -0.4 is 10.6 Å². The summed E-state index contributed by atoms with van der Waals surface area (Å²) in [6.07, 6.45) is 1.80. The molecule has 5 heteroatoms. The smallest absolute Gasteiger partial charge is 0.141 e. The van der Waals surface area contributed by atoms with Crippen LogP contribution in [0.4, 0.5) is 5.69 Å². The van der Waals surface area contributed by atoms with Gasteiger partial charge < -0.3 is 15.5 Å². The molecular formula is C14H25N5. The molecule has 0 bridgehead atoms. The summed E-state index contributed by atoms with van der Waals surface area (Å²) in [7, 11) is 4.15. The zero-order chi connectivity index (χ0) is 14.4. The molecule has 0 aliphatic rings. The Bertz CT molecular complexity index is 397. The molecule has 0 spiro atoms. The van der Waals surface area contributed by atoms with Crippen molar-refractivity contribution in [2.45, 2.75) is 13.8 Å². The predicted molar refractivity (Wildman–Crippen MR) is 80.9 cm³/mol. The number of nitrogens with one attached hydrogen (secondary N) is 1. The van der Waals surface area contributed by atoms with E-state index in [1.165, 1.54) is 0 Å². The molecule has 0 amide bonds. The van der Waals surface area contributed by atoms with Crippen molar-refractivity contribution in [1.29, 1.82) is 5.41 Å². The molecule has 5 nitrogen and oxygen atoms in total. The van der Waals surface area contributed by atoms with Crippen molar-refractivity contribution < 1.29 is 0 Å². The van der Waals surface area contributed by atoms with Gasteiger partial charge in [-0.3, -0.25) is 10.4 Å². The zero-order valence-electron chi connectivity index (χ0n) is 12.3. The number of nitrogens with two attached hydrogens (primary N) is 1. The topological polar surface area (TPSA) is 69.2 Å². The molecule has 1 heterocycles. The summed E-state index contributed by atoms with van der Waals surface area (Å²) in [5, 5.41) is 7.36. The van der Waals surface area contributed by atoms with Gasteiger partial charge in [-0.15, -0.1) is 0 Å². The Hall–Kier alpha value is -1.62. The highest BCUT2D eigenvalue weighted by Crippen LogP contribution is 2.14. The largest absolute Gasteiger partial charge is 0.382 e. The Morgan fingerprint density at radius 2 is 2.00 bits per heavy atom. The van der Waals surface area contributed by atoms with Gasteiger partial charge in [-0.2, -0.15) is 0 Å². The summed E-state index contributed by atoms with van der Waals surface area (Å²) in [4.78, 5) is 8.72. The van der Waals surface area contributed by atoms with Crippen molar-refractivity contribution in [2.24, 2.45) is 11.7 Å². The second-order valence-corrected chi connectivity index (χ2v) is 5.46. The Labute approximate surface area is 115 Å². The van der Waals surface area contributed by atoms with Gasteiger partial charge in [-0.05, 0) is 32.1 Å². The van der Waals surface area contributed by atoms with Gasteiger partial charge in [0, 0.05) is 19.6 Å². The number of nitrogens with zero attached hydrogens (tertiary/aromatic N) is 3. The highest BCUT2D eigenvalue weighted by atomic mass is 15.2. The molecule has 0 aliphatic carbocycles. The normalized spacial score (nSPS) is 11.1. The van der Waals surface area contributed by atoms with Crippen LogP contribution in [0.5, 0.6) is 0 Å². The van der Waals surface area contributed by atoms with Crippen molar-refractivity contribution in [3.8, 4) is 0 Å². The molecule has 1 aromatic heterocycles. The Balaban J connectivity index is 2.80. The fourth-order valence-electron chi connectivity index (χ4n) is 1.82. The molecule has 0 fully saturated rings. The third kappa shape index (κ3) is 5.26. The molecule has 106 valence electrons. The second-order valence-electron chi connectivity index (χ2n) is 5.46. The van der Waals surface area contributed by atoms with E-state index < -0.39 is 0 Å². The molecule has 0 unspecified atom stereocenters. The maximum absolute atomic E-state index is 7.36. The standard InChI is InChI=1S/C14H25N5/c1-11(2)10-19(8-7-18(3)4)12-5-6-13(14(15)16)17-9-12/h5-6,9,11H,7-8,10H2,1-4H3,(H3,15,16). The van der Waals surface area contributed by atoms with Crippen molar-refractivity contribution in [3.63, 3.8) is 0 Å². The van der Waals surface area contributed by atoms with Crippen LogP contribution in [0.1, 0.15) is 19.5 Å². The van der Waals surface area contributed by atoms with E-state index in [-0.39, 0.29) is 5.84 Å². The minimum absolute atomic E-state index is 0.00949. The fraction of sp³-hybridized carbons (Fsp3) is 0.571. The molecule has 1 rings (SSSR count). The third-order valence-corrected chi connectivity index (χ3v) is 2.79. The molecular weight excluding hydrogens is 238 g/mol. The first-order chi connectivity index (χ1) is 8.90. The minimum atomic E-state index is 0.00949. The van der Waals surface area contributed by atoms with Gasteiger partial charge in [-0.1, -0.05) is 13.8 Å². The molecule has 0 saturated carbocycles. The Morgan fingerprint density at radius 1 is 1.32 bits per heavy atom. The van der Waals surface area contributed by atoms with Crippen molar-refractivity contribution in [3.05, 3.63) is 24.0 Å². The first-order valence-electron chi connectivity index (χ1n) is 6.60. The van der Waals surface area contributed by atoms with Gasteiger partial charge in [0.25, 0.3) is 0 Å². The van der Waals surface area contributed by atoms with E-state index in [1.807, 2.05) is 6.07 Å². The molecule has 3 N–H and O–H groups in total. The van der Waals surface area contributed by atoms with Gasteiger partial charge in [0.05, 0.1) is 11.9 Å². The number of hydrogen-bond acceptors (Lipinski definition) is 4. The van der Waals surface area contributed by atoms with E-state index >= 15 is 0 Å². The second kappa shape index (κ2) is 7.09. The summed E-state index contributed by atoms with van der Waals surface area (Å²) >= 11 is 0. The SMILES string of the molecule is CC(C)CN(CCN(C)C)c1ccc(C(=N)N)nc1. The summed E-state index contributed by atoms with van der Waals surface area (Å²) in [5.74, 6) is 0.602. The number of aromatic nitrogens is 1. The number of nitrogen functional groups attached to an aromatic ring is 1. The van der Waals surface area contributed by atoms with E-state index in [9.17, 15) is 0 Å². The fourth-order valence-corrected chi connectivity index (χ4v) is 1.82. The number of likely N-dealkylation sites (N-methyl/N-ethyl adjacent to an activating group) is 1. The van der Waals surface area contributed by atoms with E-state index in [1.54, 1.807) is 12.3 Å². The molecule has 1 aromatic rings. The summed E-state index contributed by atoms with van der Waals surface area (Å²) in [5.41, 5.74) is 7.03. The lowest BCUT2D eigenvalue weighted by Gasteiger charge is -2.27. The molecule has 0 radical (unpaired) electrons. The van der Waals surface area contributed by atoms with Crippen LogP contribution in [0.3, 0.4) is 0 Å². The van der Waals surface area contributed by atoms with Gasteiger partial charge >= 0.3 is 0 Å². The monoisotopic (exact) mass is 263 g/mol. The lowest BCUT2D eigenvalue weighted by molar-refractivity contribution is 0.409.